The fraction of sp³-hybridized carbons (Fsp3) is 0.733. The normalized spacial score (nSPS) is 20.0. The van der Waals surface area contributed by atoms with Gasteiger partial charge in [0.15, 0.2) is 9.84 Å². The molecule has 2 N–H and O–H groups in total. The van der Waals surface area contributed by atoms with E-state index >= 15 is 0 Å². The number of nitriles is 1. The van der Waals surface area contributed by atoms with Crippen molar-refractivity contribution >= 4 is 15.7 Å². The first-order chi connectivity index (χ1) is 11.0. The molecule has 0 aromatic heterocycles. The first-order valence-corrected chi connectivity index (χ1v) is 9.73. The molecule has 1 amide bonds. The van der Waals surface area contributed by atoms with Crippen molar-refractivity contribution in [3.63, 3.8) is 0 Å². The number of hydrogen-bond donors (Lipinski definition) is 2. The average molecular weight is 343 g/mol. The van der Waals surface area contributed by atoms with E-state index in [1.807, 2.05) is 6.07 Å². The topological polar surface area (TPSA) is 108 Å². The lowest BCUT2D eigenvalue weighted by Crippen LogP contribution is -2.30. The molecule has 1 aliphatic rings. The molecule has 0 radical (unpaired) electrons. The van der Waals surface area contributed by atoms with Crippen molar-refractivity contribution in [1.29, 1.82) is 5.26 Å². The highest BCUT2D eigenvalue weighted by Gasteiger charge is 2.27. The number of sulfone groups is 1. The Hall–Kier alpha value is -1.59. The third-order valence-corrected chi connectivity index (χ3v) is 5.22. The summed E-state index contributed by atoms with van der Waals surface area (Å²) in [5.41, 5.74) is -0.0544. The van der Waals surface area contributed by atoms with Gasteiger partial charge in [0.25, 0.3) is 5.91 Å². The van der Waals surface area contributed by atoms with Crippen LogP contribution in [0.1, 0.15) is 32.6 Å². The SMILES string of the molecule is CCCCOCCCNC(=O)/C(C#N)=C\NC1CCS(=O)(=O)C1. The molecule has 0 spiro atoms. The van der Waals surface area contributed by atoms with Crippen LogP contribution in [0.15, 0.2) is 11.8 Å². The van der Waals surface area contributed by atoms with Crippen molar-refractivity contribution in [3.05, 3.63) is 11.8 Å². The number of ether oxygens (including phenoxy) is 1. The van der Waals surface area contributed by atoms with Gasteiger partial charge in [-0.25, -0.2) is 8.42 Å². The number of carbonyl (C=O) groups is 1. The summed E-state index contributed by atoms with van der Waals surface area (Å²) in [6, 6.07) is 1.59. The molecule has 1 aliphatic heterocycles. The Labute approximate surface area is 138 Å². The highest BCUT2D eigenvalue weighted by molar-refractivity contribution is 7.91. The zero-order valence-corrected chi connectivity index (χ0v) is 14.3. The second-order valence-corrected chi connectivity index (χ2v) is 7.74. The van der Waals surface area contributed by atoms with Crippen LogP contribution in [0.5, 0.6) is 0 Å². The number of amides is 1. The van der Waals surface area contributed by atoms with Crippen LogP contribution in [0, 0.1) is 11.3 Å². The minimum Gasteiger partial charge on any atom is -0.386 e. The summed E-state index contributed by atoms with van der Waals surface area (Å²) >= 11 is 0. The van der Waals surface area contributed by atoms with E-state index < -0.39 is 15.7 Å². The molecular formula is C15H25N3O4S. The predicted molar refractivity (Wildman–Crippen MR) is 87.2 cm³/mol. The van der Waals surface area contributed by atoms with Gasteiger partial charge in [-0.15, -0.1) is 0 Å². The Kier molecular flexibility index (Phi) is 8.66. The molecule has 0 aliphatic carbocycles. The number of nitrogens with zero attached hydrogens (tertiary/aromatic N) is 1. The third-order valence-electron chi connectivity index (χ3n) is 3.45. The molecule has 23 heavy (non-hydrogen) atoms. The van der Waals surface area contributed by atoms with Gasteiger partial charge in [0.05, 0.1) is 11.5 Å². The molecule has 1 heterocycles. The van der Waals surface area contributed by atoms with Crippen LogP contribution in [-0.4, -0.2) is 51.6 Å². The summed E-state index contributed by atoms with van der Waals surface area (Å²) in [4.78, 5) is 11.8. The lowest BCUT2D eigenvalue weighted by molar-refractivity contribution is -0.117. The highest BCUT2D eigenvalue weighted by Crippen LogP contribution is 2.11. The molecule has 1 atom stereocenters. The van der Waals surface area contributed by atoms with E-state index in [4.69, 9.17) is 10.00 Å². The van der Waals surface area contributed by atoms with Gasteiger partial charge >= 0.3 is 0 Å². The van der Waals surface area contributed by atoms with Crippen LogP contribution >= 0.6 is 0 Å². The van der Waals surface area contributed by atoms with Crippen molar-refractivity contribution in [1.82, 2.24) is 10.6 Å². The summed E-state index contributed by atoms with van der Waals surface area (Å²) in [7, 11) is -2.99. The average Bonchev–Trinajstić information content (AvgIpc) is 2.86. The Morgan fingerprint density at radius 1 is 1.39 bits per heavy atom. The Balaban J connectivity index is 2.26. The Morgan fingerprint density at radius 2 is 2.13 bits per heavy atom. The van der Waals surface area contributed by atoms with Crippen molar-refractivity contribution in [2.45, 2.75) is 38.6 Å². The summed E-state index contributed by atoms with van der Waals surface area (Å²) < 4.78 is 28.1. The van der Waals surface area contributed by atoms with E-state index in [2.05, 4.69) is 17.6 Å². The summed E-state index contributed by atoms with van der Waals surface area (Å²) in [5, 5.41) is 14.5. The highest BCUT2D eigenvalue weighted by atomic mass is 32.2. The second kappa shape index (κ2) is 10.2. The number of rotatable bonds is 10. The van der Waals surface area contributed by atoms with Crippen molar-refractivity contribution in [2.75, 3.05) is 31.3 Å². The van der Waals surface area contributed by atoms with Crippen molar-refractivity contribution < 1.29 is 17.9 Å². The fourth-order valence-corrected chi connectivity index (χ4v) is 3.78. The molecule has 0 saturated carbocycles. The largest absolute Gasteiger partial charge is 0.386 e. The maximum atomic E-state index is 11.8. The van der Waals surface area contributed by atoms with E-state index in [1.54, 1.807) is 0 Å². The fourth-order valence-electron chi connectivity index (χ4n) is 2.10. The molecule has 0 aromatic rings. The van der Waals surface area contributed by atoms with E-state index in [0.717, 1.165) is 19.4 Å². The number of unbranched alkanes of at least 4 members (excludes halogenated alkanes) is 1. The monoisotopic (exact) mass is 343 g/mol. The molecule has 8 heteroatoms. The van der Waals surface area contributed by atoms with Gasteiger partial charge in [0, 0.05) is 32.0 Å². The van der Waals surface area contributed by atoms with Crippen LogP contribution in [0.2, 0.25) is 0 Å². The lowest BCUT2D eigenvalue weighted by atomic mass is 10.2. The third kappa shape index (κ3) is 8.00. The van der Waals surface area contributed by atoms with E-state index in [0.29, 0.717) is 26.0 Å². The number of nitrogens with one attached hydrogen (secondary N) is 2. The van der Waals surface area contributed by atoms with Gasteiger partial charge in [0.2, 0.25) is 0 Å². The van der Waals surface area contributed by atoms with Gasteiger partial charge in [-0.1, -0.05) is 13.3 Å². The Morgan fingerprint density at radius 3 is 2.74 bits per heavy atom. The first kappa shape index (κ1) is 19.5. The molecule has 1 rings (SSSR count). The summed E-state index contributed by atoms with van der Waals surface area (Å²) in [5.74, 6) is -0.279. The maximum Gasteiger partial charge on any atom is 0.263 e. The molecular weight excluding hydrogens is 318 g/mol. The molecule has 1 saturated heterocycles. The van der Waals surface area contributed by atoms with Gasteiger partial charge in [-0.2, -0.15) is 5.26 Å². The van der Waals surface area contributed by atoms with E-state index in [-0.39, 0.29) is 23.1 Å². The minimum atomic E-state index is -2.99. The van der Waals surface area contributed by atoms with Crippen molar-refractivity contribution in [2.24, 2.45) is 0 Å². The molecule has 130 valence electrons. The van der Waals surface area contributed by atoms with Gasteiger partial charge in [0.1, 0.15) is 11.6 Å². The van der Waals surface area contributed by atoms with Crippen LogP contribution in [0.25, 0.3) is 0 Å². The molecule has 0 aromatic carbocycles. The first-order valence-electron chi connectivity index (χ1n) is 7.91. The van der Waals surface area contributed by atoms with Crippen LogP contribution < -0.4 is 10.6 Å². The van der Waals surface area contributed by atoms with Gasteiger partial charge in [-0.3, -0.25) is 4.79 Å². The van der Waals surface area contributed by atoms with Gasteiger partial charge < -0.3 is 15.4 Å². The van der Waals surface area contributed by atoms with Crippen LogP contribution in [0.4, 0.5) is 0 Å². The molecule has 0 bridgehead atoms. The number of carbonyl (C=O) groups excluding carboxylic acids is 1. The van der Waals surface area contributed by atoms with Crippen molar-refractivity contribution in [3.8, 4) is 6.07 Å². The number of hydrogen-bond acceptors (Lipinski definition) is 6. The zero-order chi connectivity index (χ0) is 17.1. The second-order valence-electron chi connectivity index (χ2n) is 5.51. The summed E-state index contributed by atoms with van der Waals surface area (Å²) in [6.07, 6.45) is 4.59. The standard InChI is InChI=1S/C15H25N3O4S/c1-2-3-7-22-8-4-6-17-15(19)13(10-16)11-18-14-5-9-23(20,21)12-14/h11,14,18H,2-9,12H2,1H3,(H,17,19)/b13-11-. The lowest BCUT2D eigenvalue weighted by Gasteiger charge is -2.09. The van der Waals surface area contributed by atoms with Gasteiger partial charge in [-0.05, 0) is 19.3 Å². The maximum absolute atomic E-state index is 11.8. The minimum absolute atomic E-state index is 0.0406. The van der Waals surface area contributed by atoms with E-state index in [1.165, 1.54) is 6.20 Å². The van der Waals surface area contributed by atoms with Crippen LogP contribution in [-0.2, 0) is 19.4 Å². The van der Waals surface area contributed by atoms with E-state index in [9.17, 15) is 13.2 Å². The summed E-state index contributed by atoms with van der Waals surface area (Å²) in [6.45, 7) is 3.82. The Bertz CT molecular complexity index is 552. The van der Waals surface area contributed by atoms with Crippen LogP contribution in [0.3, 0.4) is 0 Å². The predicted octanol–water partition coefficient (Wildman–Crippen LogP) is 0.494. The quantitative estimate of drug-likeness (QED) is 0.340. The molecule has 1 fully saturated rings. The smallest absolute Gasteiger partial charge is 0.263 e. The molecule has 1 unspecified atom stereocenters. The zero-order valence-electron chi connectivity index (χ0n) is 13.5. The molecule has 7 nitrogen and oxygen atoms in total.